The second-order valence-corrected chi connectivity index (χ2v) is 3.28. The summed E-state index contributed by atoms with van der Waals surface area (Å²) in [5, 5.41) is 0. The van der Waals surface area contributed by atoms with E-state index < -0.39 is 0 Å². The maximum absolute atomic E-state index is 11.4. The molecule has 0 aromatic carbocycles. The van der Waals surface area contributed by atoms with Gasteiger partial charge in [0.1, 0.15) is 0 Å². The number of allylic oxidation sites excluding steroid dienone is 3. The molecule has 2 aliphatic rings. The van der Waals surface area contributed by atoms with E-state index in [2.05, 4.69) is 6.08 Å². The van der Waals surface area contributed by atoms with E-state index in [1.54, 1.807) is 11.9 Å². The van der Waals surface area contributed by atoms with Gasteiger partial charge in [0.25, 0.3) is 0 Å². The van der Waals surface area contributed by atoms with Gasteiger partial charge in [-0.1, -0.05) is 12.2 Å². The fourth-order valence-corrected chi connectivity index (χ4v) is 1.85. The van der Waals surface area contributed by atoms with Crippen molar-refractivity contribution in [2.75, 3.05) is 7.05 Å². The normalized spacial score (nSPS) is 33.7. The van der Waals surface area contributed by atoms with E-state index in [4.69, 9.17) is 5.73 Å². The molecule has 64 valence electrons. The monoisotopic (exact) mass is 164 g/mol. The van der Waals surface area contributed by atoms with Crippen LogP contribution >= 0.6 is 0 Å². The molecule has 2 N–H and O–H groups in total. The summed E-state index contributed by atoms with van der Waals surface area (Å²) in [6.45, 7) is 0. The third kappa shape index (κ3) is 0.830. The second kappa shape index (κ2) is 2.45. The molecule has 1 aliphatic carbocycles. The Morgan fingerprint density at radius 2 is 2.42 bits per heavy atom. The zero-order valence-electron chi connectivity index (χ0n) is 7.03. The molecule has 1 amide bonds. The molecule has 2 atom stereocenters. The minimum atomic E-state index is -0.328. The molecule has 0 aromatic heterocycles. The van der Waals surface area contributed by atoms with E-state index in [-0.39, 0.29) is 17.9 Å². The van der Waals surface area contributed by atoms with Crippen LogP contribution in [0.3, 0.4) is 0 Å². The van der Waals surface area contributed by atoms with Crippen molar-refractivity contribution < 1.29 is 4.79 Å². The molecule has 1 aliphatic heterocycles. The van der Waals surface area contributed by atoms with Gasteiger partial charge < -0.3 is 10.6 Å². The molecular formula is C9H12N2O. The molecule has 1 saturated heterocycles. The van der Waals surface area contributed by atoms with Crippen LogP contribution in [0.5, 0.6) is 0 Å². The summed E-state index contributed by atoms with van der Waals surface area (Å²) in [5.41, 5.74) is 6.82. The van der Waals surface area contributed by atoms with Crippen molar-refractivity contribution in [3.8, 4) is 0 Å². The number of likely N-dealkylation sites (tertiary alicyclic amines) is 1. The van der Waals surface area contributed by atoms with Crippen molar-refractivity contribution in [3.05, 3.63) is 23.9 Å². The van der Waals surface area contributed by atoms with Crippen molar-refractivity contribution in [1.82, 2.24) is 4.90 Å². The summed E-state index contributed by atoms with van der Waals surface area (Å²) >= 11 is 0. The lowest BCUT2D eigenvalue weighted by Crippen LogP contribution is -2.34. The van der Waals surface area contributed by atoms with E-state index in [1.165, 1.54) is 0 Å². The van der Waals surface area contributed by atoms with E-state index in [9.17, 15) is 4.79 Å². The first-order valence-corrected chi connectivity index (χ1v) is 4.11. The third-order valence-electron chi connectivity index (χ3n) is 2.61. The molecule has 3 nitrogen and oxygen atoms in total. The quantitative estimate of drug-likeness (QED) is 0.557. The highest BCUT2D eigenvalue weighted by molar-refractivity contribution is 5.87. The van der Waals surface area contributed by atoms with Gasteiger partial charge in [-0.2, -0.15) is 0 Å². The summed E-state index contributed by atoms with van der Waals surface area (Å²) in [6, 6.07) is -0.328. The van der Waals surface area contributed by atoms with Gasteiger partial charge >= 0.3 is 0 Å². The van der Waals surface area contributed by atoms with Crippen molar-refractivity contribution in [1.29, 1.82) is 0 Å². The van der Waals surface area contributed by atoms with Crippen LogP contribution in [-0.4, -0.2) is 23.9 Å². The lowest BCUT2D eigenvalue weighted by molar-refractivity contribution is -0.127. The fraction of sp³-hybridized carbons (Fsp3) is 0.444. The van der Waals surface area contributed by atoms with Crippen LogP contribution in [0.2, 0.25) is 0 Å². The van der Waals surface area contributed by atoms with E-state index in [0.717, 1.165) is 12.1 Å². The Bertz CT molecular complexity index is 280. The number of carbonyl (C=O) groups excluding carboxylic acids is 1. The largest absolute Gasteiger partial charge is 0.319 e. The van der Waals surface area contributed by atoms with Crippen LogP contribution < -0.4 is 5.73 Å². The summed E-state index contributed by atoms with van der Waals surface area (Å²) in [6.07, 6.45) is 6.90. The SMILES string of the molecule is CN1C(=O)C(N)C2CC=CC=C21. The van der Waals surface area contributed by atoms with Crippen LogP contribution in [0.1, 0.15) is 6.42 Å². The topological polar surface area (TPSA) is 46.3 Å². The predicted molar refractivity (Wildman–Crippen MR) is 46.1 cm³/mol. The van der Waals surface area contributed by atoms with Gasteiger partial charge in [0.15, 0.2) is 0 Å². The molecule has 2 unspecified atom stereocenters. The number of amides is 1. The van der Waals surface area contributed by atoms with Gasteiger partial charge in [0.2, 0.25) is 5.91 Å². The third-order valence-corrected chi connectivity index (χ3v) is 2.61. The van der Waals surface area contributed by atoms with Crippen molar-refractivity contribution in [3.63, 3.8) is 0 Å². The Kier molecular flexibility index (Phi) is 1.54. The van der Waals surface area contributed by atoms with E-state index >= 15 is 0 Å². The van der Waals surface area contributed by atoms with Gasteiger partial charge in [0, 0.05) is 18.7 Å². The number of rotatable bonds is 0. The molecule has 3 heteroatoms. The summed E-state index contributed by atoms with van der Waals surface area (Å²) < 4.78 is 0. The number of nitrogens with zero attached hydrogens (tertiary/aromatic N) is 1. The minimum Gasteiger partial charge on any atom is -0.319 e. The molecule has 0 aromatic rings. The first-order valence-electron chi connectivity index (χ1n) is 4.11. The van der Waals surface area contributed by atoms with Crippen molar-refractivity contribution in [2.24, 2.45) is 11.7 Å². The average molecular weight is 164 g/mol. The summed E-state index contributed by atoms with van der Waals surface area (Å²) in [7, 11) is 1.78. The molecule has 0 spiro atoms. The molecule has 0 radical (unpaired) electrons. The Morgan fingerprint density at radius 3 is 3.08 bits per heavy atom. The Balaban J connectivity index is 2.37. The maximum Gasteiger partial charge on any atom is 0.244 e. The smallest absolute Gasteiger partial charge is 0.244 e. The van der Waals surface area contributed by atoms with Crippen molar-refractivity contribution in [2.45, 2.75) is 12.5 Å². The van der Waals surface area contributed by atoms with Crippen molar-refractivity contribution >= 4 is 5.91 Å². The number of likely N-dealkylation sites (N-methyl/N-ethyl adjacent to an activating group) is 1. The lowest BCUT2D eigenvalue weighted by atomic mass is 9.94. The minimum absolute atomic E-state index is 0.0370. The second-order valence-electron chi connectivity index (χ2n) is 3.28. The summed E-state index contributed by atoms with van der Waals surface area (Å²) in [5.74, 6) is 0.252. The Hall–Kier alpha value is -1.09. The number of carbonyl (C=O) groups is 1. The highest BCUT2D eigenvalue weighted by Gasteiger charge is 2.39. The highest BCUT2D eigenvalue weighted by Crippen LogP contribution is 2.32. The lowest BCUT2D eigenvalue weighted by Gasteiger charge is -2.16. The van der Waals surface area contributed by atoms with Crippen LogP contribution in [0.15, 0.2) is 23.9 Å². The van der Waals surface area contributed by atoms with Crippen LogP contribution in [0.4, 0.5) is 0 Å². The Labute approximate surface area is 71.5 Å². The predicted octanol–water partition coefficient (Wildman–Crippen LogP) is 0.246. The molecule has 12 heavy (non-hydrogen) atoms. The molecule has 1 fully saturated rings. The molecule has 2 rings (SSSR count). The zero-order valence-corrected chi connectivity index (χ0v) is 7.03. The van der Waals surface area contributed by atoms with E-state index in [0.29, 0.717) is 0 Å². The van der Waals surface area contributed by atoms with Gasteiger partial charge in [-0.05, 0) is 12.5 Å². The van der Waals surface area contributed by atoms with Crippen LogP contribution in [-0.2, 0) is 4.79 Å². The Morgan fingerprint density at radius 1 is 1.67 bits per heavy atom. The van der Waals surface area contributed by atoms with E-state index in [1.807, 2.05) is 12.2 Å². The molecular weight excluding hydrogens is 152 g/mol. The molecule has 0 saturated carbocycles. The standard InChI is InChI=1S/C9H12N2O/c1-11-7-5-3-2-4-6(7)8(10)9(11)12/h2-3,5-6,8H,4,10H2,1H3. The number of hydrogen-bond acceptors (Lipinski definition) is 2. The van der Waals surface area contributed by atoms with Gasteiger partial charge in [-0.15, -0.1) is 0 Å². The average Bonchev–Trinajstić information content (AvgIpc) is 2.33. The molecule has 1 heterocycles. The first kappa shape index (κ1) is 7.55. The number of hydrogen-bond donors (Lipinski definition) is 1. The van der Waals surface area contributed by atoms with Gasteiger partial charge in [-0.25, -0.2) is 0 Å². The maximum atomic E-state index is 11.4. The van der Waals surface area contributed by atoms with Crippen LogP contribution in [0, 0.1) is 5.92 Å². The number of fused-ring (bicyclic) bond motifs is 1. The summed E-state index contributed by atoms with van der Waals surface area (Å²) in [4.78, 5) is 13.1. The van der Waals surface area contributed by atoms with Gasteiger partial charge in [0.05, 0.1) is 6.04 Å². The first-order chi connectivity index (χ1) is 5.72. The van der Waals surface area contributed by atoms with Crippen LogP contribution in [0.25, 0.3) is 0 Å². The zero-order chi connectivity index (χ0) is 8.72. The number of nitrogens with two attached hydrogens (primary N) is 1. The van der Waals surface area contributed by atoms with Gasteiger partial charge in [-0.3, -0.25) is 4.79 Å². The highest BCUT2D eigenvalue weighted by atomic mass is 16.2. The fourth-order valence-electron chi connectivity index (χ4n) is 1.85. The molecule has 0 bridgehead atoms.